The number of anilines is 3. The Morgan fingerprint density at radius 1 is 1.24 bits per heavy atom. The molecule has 0 atom stereocenters. The summed E-state index contributed by atoms with van der Waals surface area (Å²) in [6.45, 7) is 1.82. The number of aromatic nitrogens is 3. The molecule has 0 unspecified atom stereocenters. The molecule has 0 amide bonds. The molecular formula is C13H9ClF3N5OS2. The molecule has 3 aromatic rings. The second-order valence-electron chi connectivity index (χ2n) is 4.66. The molecule has 0 saturated heterocycles. The monoisotopic (exact) mass is 407 g/mol. The molecule has 3 rings (SSSR count). The lowest BCUT2D eigenvalue weighted by Crippen LogP contribution is -2.18. The van der Waals surface area contributed by atoms with Crippen molar-refractivity contribution < 1.29 is 17.9 Å². The quantitative estimate of drug-likeness (QED) is 0.643. The SMILES string of the molecule is Cc1nc(N)sc1-c1csc(Nc2ccc(Cl)c(OC(F)(F)F)n2)n1. The Morgan fingerprint density at radius 2 is 2.00 bits per heavy atom. The molecule has 0 aliphatic rings. The molecule has 3 aromatic heterocycles. The fraction of sp³-hybridized carbons (Fsp3) is 0.154. The lowest BCUT2D eigenvalue weighted by molar-refractivity contribution is -0.276. The molecule has 12 heteroatoms. The van der Waals surface area contributed by atoms with Crippen molar-refractivity contribution in [3.8, 4) is 16.5 Å². The number of hydrogen-bond acceptors (Lipinski definition) is 8. The van der Waals surface area contributed by atoms with Gasteiger partial charge in [-0.1, -0.05) is 22.9 Å². The third kappa shape index (κ3) is 4.30. The number of hydrogen-bond donors (Lipinski definition) is 2. The van der Waals surface area contributed by atoms with Crippen molar-refractivity contribution in [3.63, 3.8) is 0 Å². The molecule has 3 heterocycles. The molecule has 25 heavy (non-hydrogen) atoms. The fourth-order valence-electron chi connectivity index (χ4n) is 1.87. The van der Waals surface area contributed by atoms with E-state index in [9.17, 15) is 13.2 Å². The highest BCUT2D eigenvalue weighted by Gasteiger charge is 2.33. The van der Waals surface area contributed by atoms with Crippen molar-refractivity contribution in [2.24, 2.45) is 0 Å². The zero-order valence-electron chi connectivity index (χ0n) is 12.4. The van der Waals surface area contributed by atoms with E-state index in [2.05, 4.69) is 25.0 Å². The summed E-state index contributed by atoms with van der Waals surface area (Å²) in [4.78, 5) is 13.0. The minimum Gasteiger partial charge on any atom is -0.386 e. The largest absolute Gasteiger partial charge is 0.574 e. The van der Waals surface area contributed by atoms with Gasteiger partial charge in [-0.2, -0.15) is 4.98 Å². The highest BCUT2D eigenvalue weighted by atomic mass is 35.5. The maximum atomic E-state index is 12.3. The molecule has 0 bridgehead atoms. The van der Waals surface area contributed by atoms with Gasteiger partial charge in [0.1, 0.15) is 10.8 Å². The molecule has 6 nitrogen and oxygen atoms in total. The van der Waals surface area contributed by atoms with Gasteiger partial charge in [0, 0.05) is 5.38 Å². The Morgan fingerprint density at radius 3 is 2.64 bits per heavy atom. The van der Waals surface area contributed by atoms with E-state index in [-0.39, 0.29) is 10.8 Å². The van der Waals surface area contributed by atoms with Crippen molar-refractivity contribution in [1.82, 2.24) is 15.0 Å². The number of alkyl halides is 3. The normalized spacial score (nSPS) is 11.6. The molecule has 0 aromatic carbocycles. The van der Waals surface area contributed by atoms with E-state index in [0.717, 1.165) is 10.6 Å². The predicted molar refractivity (Wildman–Crippen MR) is 91.6 cm³/mol. The molecule has 0 aliphatic carbocycles. The van der Waals surface area contributed by atoms with Crippen LogP contribution >= 0.6 is 34.3 Å². The lowest BCUT2D eigenvalue weighted by atomic mass is 10.3. The van der Waals surface area contributed by atoms with Crippen molar-refractivity contribution in [3.05, 3.63) is 28.2 Å². The minimum atomic E-state index is -4.88. The highest BCUT2D eigenvalue weighted by Crippen LogP contribution is 2.35. The zero-order chi connectivity index (χ0) is 18.2. The number of halogens is 4. The first-order valence-electron chi connectivity index (χ1n) is 6.59. The van der Waals surface area contributed by atoms with Gasteiger partial charge in [0.15, 0.2) is 10.3 Å². The van der Waals surface area contributed by atoms with E-state index >= 15 is 0 Å². The van der Waals surface area contributed by atoms with Crippen LogP contribution in [-0.4, -0.2) is 21.3 Å². The van der Waals surface area contributed by atoms with E-state index in [1.165, 1.54) is 34.8 Å². The smallest absolute Gasteiger partial charge is 0.386 e. The minimum absolute atomic E-state index is 0.116. The fourth-order valence-corrected chi connectivity index (χ4v) is 3.60. The average molecular weight is 408 g/mol. The summed E-state index contributed by atoms with van der Waals surface area (Å²) in [5.74, 6) is -0.618. The van der Waals surface area contributed by atoms with E-state index in [1.807, 2.05) is 6.92 Å². The van der Waals surface area contributed by atoms with Crippen LogP contribution < -0.4 is 15.8 Å². The van der Waals surface area contributed by atoms with Gasteiger partial charge in [-0.3, -0.25) is 0 Å². The summed E-state index contributed by atoms with van der Waals surface area (Å²) in [5.41, 5.74) is 7.09. The van der Waals surface area contributed by atoms with Crippen molar-refractivity contribution in [2.75, 3.05) is 11.1 Å². The van der Waals surface area contributed by atoms with Crippen LogP contribution in [0.2, 0.25) is 5.02 Å². The first kappa shape index (κ1) is 17.7. The third-order valence-corrected chi connectivity index (χ3v) is 4.87. The van der Waals surface area contributed by atoms with Gasteiger partial charge >= 0.3 is 6.36 Å². The van der Waals surface area contributed by atoms with Crippen LogP contribution in [0.1, 0.15) is 5.69 Å². The summed E-state index contributed by atoms with van der Waals surface area (Å²) < 4.78 is 40.8. The number of aryl methyl sites for hydroxylation is 1. The molecule has 3 N–H and O–H groups in total. The zero-order valence-corrected chi connectivity index (χ0v) is 14.8. The molecule has 132 valence electrons. The van der Waals surface area contributed by atoms with Crippen LogP contribution in [0.25, 0.3) is 10.6 Å². The van der Waals surface area contributed by atoms with Gasteiger partial charge in [0.2, 0.25) is 5.88 Å². The van der Waals surface area contributed by atoms with Gasteiger partial charge < -0.3 is 15.8 Å². The van der Waals surface area contributed by atoms with Crippen molar-refractivity contribution >= 4 is 50.4 Å². The van der Waals surface area contributed by atoms with E-state index in [0.29, 0.717) is 16.0 Å². The Bertz CT molecular complexity index is 911. The number of nitrogen functional groups attached to an aromatic ring is 1. The maximum absolute atomic E-state index is 12.3. The summed E-state index contributed by atoms with van der Waals surface area (Å²) in [6.07, 6.45) is -4.88. The summed E-state index contributed by atoms with van der Waals surface area (Å²) in [6, 6.07) is 2.67. The third-order valence-electron chi connectivity index (χ3n) is 2.81. The molecule has 0 aliphatic heterocycles. The molecular weight excluding hydrogens is 399 g/mol. The number of rotatable bonds is 4. The van der Waals surface area contributed by atoms with Crippen LogP contribution in [0.15, 0.2) is 17.5 Å². The van der Waals surface area contributed by atoms with Gasteiger partial charge in [-0.25, -0.2) is 9.97 Å². The van der Waals surface area contributed by atoms with E-state index in [4.69, 9.17) is 17.3 Å². The number of nitrogens with zero attached hydrogens (tertiary/aromatic N) is 3. The topological polar surface area (TPSA) is 86.0 Å². The Labute approximate surface area is 152 Å². The summed E-state index contributed by atoms with van der Waals surface area (Å²) in [7, 11) is 0. The molecule has 0 radical (unpaired) electrons. The maximum Gasteiger partial charge on any atom is 0.574 e. The van der Waals surface area contributed by atoms with Gasteiger partial charge in [-0.15, -0.1) is 24.5 Å². The number of pyridine rings is 1. The second kappa shape index (κ2) is 6.65. The van der Waals surface area contributed by atoms with Crippen molar-refractivity contribution in [2.45, 2.75) is 13.3 Å². The van der Waals surface area contributed by atoms with Gasteiger partial charge in [0.05, 0.1) is 16.3 Å². The number of nitrogens with two attached hydrogens (primary N) is 1. The van der Waals surface area contributed by atoms with Gasteiger partial charge in [-0.05, 0) is 19.1 Å². The molecule has 0 saturated carbocycles. The number of thiazole rings is 2. The van der Waals surface area contributed by atoms with Crippen LogP contribution in [0.5, 0.6) is 5.88 Å². The first-order chi connectivity index (χ1) is 11.7. The average Bonchev–Trinajstić information content (AvgIpc) is 3.07. The van der Waals surface area contributed by atoms with Crippen LogP contribution in [0.3, 0.4) is 0 Å². The lowest BCUT2D eigenvalue weighted by Gasteiger charge is -2.10. The summed E-state index contributed by atoms with van der Waals surface area (Å²) >= 11 is 8.23. The number of ether oxygens (including phenoxy) is 1. The van der Waals surface area contributed by atoms with E-state index < -0.39 is 12.2 Å². The standard InChI is InChI=1S/C13H9ClF3N5OS2/c1-5-9(25-11(18)19-5)7-4-24-12(20-7)22-8-3-2-6(14)10(21-8)23-13(15,16)17/h2-4H,1H3,(H2,18,19)(H,20,21,22). The molecule has 0 spiro atoms. The number of nitrogens with one attached hydrogen (secondary N) is 1. The van der Waals surface area contributed by atoms with Crippen LogP contribution in [0, 0.1) is 6.92 Å². The van der Waals surface area contributed by atoms with Crippen LogP contribution in [0.4, 0.5) is 29.3 Å². The Balaban J connectivity index is 1.81. The molecule has 0 fully saturated rings. The van der Waals surface area contributed by atoms with Gasteiger partial charge in [0.25, 0.3) is 0 Å². The van der Waals surface area contributed by atoms with E-state index in [1.54, 1.807) is 5.38 Å². The Kier molecular flexibility index (Phi) is 4.71. The first-order valence-corrected chi connectivity index (χ1v) is 8.67. The summed E-state index contributed by atoms with van der Waals surface area (Å²) in [5, 5.41) is 5.22. The second-order valence-corrected chi connectivity index (χ2v) is 6.96. The highest BCUT2D eigenvalue weighted by molar-refractivity contribution is 7.19. The Hall–Kier alpha value is -2.11. The predicted octanol–water partition coefficient (Wildman–Crippen LogP) is 4.85. The van der Waals surface area contributed by atoms with Crippen molar-refractivity contribution in [1.29, 1.82) is 0 Å². The van der Waals surface area contributed by atoms with Crippen LogP contribution in [-0.2, 0) is 0 Å².